The van der Waals surface area contributed by atoms with Gasteiger partial charge in [-0.15, -0.1) is 0 Å². The van der Waals surface area contributed by atoms with Gasteiger partial charge in [0, 0.05) is 15.5 Å². The molecule has 3 nitrogen and oxygen atoms in total. The van der Waals surface area contributed by atoms with Crippen molar-refractivity contribution in [2.75, 3.05) is 5.32 Å². The minimum Gasteiger partial charge on any atom is -0.340 e. The molecular formula is C12H8IN3. The first-order valence-corrected chi connectivity index (χ1v) is 5.74. The summed E-state index contributed by atoms with van der Waals surface area (Å²) in [7, 11) is 0. The Morgan fingerprint density at radius 2 is 2.12 bits per heavy atom. The van der Waals surface area contributed by atoms with E-state index in [1.54, 1.807) is 18.3 Å². The van der Waals surface area contributed by atoms with Gasteiger partial charge in [0.2, 0.25) is 0 Å². The summed E-state index contributed by atoms with van der Waals surface area (Å²) >= 11 is 2.25. The molecule has 4 heteroatoms. The molecule has 0 saturated carbocycles. The van der Waals surface area contributed by atoms with Crippen molar-refractivity contribution in [3.05, 3.63) is 51.7 Å². The molecule has 0 fully saturated rings. The third kappa shape index (κ3) is 2.70. The van der Waals surface area contributed by atoms with Gasteiger partial charge in [-0.25, -0.2) is 4.98 Å². The summed E-state index contributed by atoms with van der Waals surface area (Å²) in [6.45, 7) is 0. The Bertz CT molecular complexity index is 546. The van der Waals surface area contributed by atoms with E-state index < -0.39 is 0 Å². The van der Waals surface area contributed by atoms with Crippen LogP contribution >= 0.6 is 22.6 Å². The van der Waals surface area contributed by atoms with Gasteiger partial charge in [-0.05, 0) is 52.9 Å². The summed E-state index contributed by atoms with van der Waals surface area (Å²) in [6.07, 6.45) is 1.62. The number of rotatable bonds is 2. The monoisotopic (exact) mass is 321 g/mol. The van der Waals surface area contributed by atoms with E-state index >= 15 is 0 Å². The predicted octanol–water partition coefficient (Wildman–Crippen LogP) is 3.30. The average Bonchev–Trinajstić information content (AvgIpc) is 2.29. The number of aromatic nitrogens is 1. The van der Waals surface area contributed by atoms with Crippen molar-refractivity contribution in [3.8, 4) is 6.07 Å². The quantitative estimate of drug-likeness (QED) is 0.864. The molecule has 0 aliphatic carbocycles. The van der Waals surface area contributed by atoms with Crippen molar-refractivity contribution in [2.24, 2.45) is 0 Å². The van der Waals surface area contributed by atoms with E-state index in [1.807, 2.05) is 24.3 Å². The third-order valence-electron chi connectivity index (χ3n) is 1.99. The molecule has 2 rings (SSSR count). The molecule has 2 aromatic rings. The largest absolute Gasteiger partial charge is 0.340 e. The van der Waals surface area contributed by atoms with E-state index in [2.05, 4.69) is 39.0 Å². The summed E-state index contributed by atoms with van der Waals surface area (Å²) < 4.78 is 1.15. The number of hydrogen-bond donors (Lipinski definition) is 1. The van der Waals surface area contributed by atoms with Gasteiger partial charge < -0.3 is 5.32 Å². The average molecular weight is 321 g/mol. The molecule has 0 radical (unpaired) electrons. The lowest BCUT2D eigenvalue weighted by Gasteiger charge is -2.05. The smallest absolute Gasteiger partial charge is 0.131 e. The van der Waals surface area contributed by atoms with Gasteiger partial charge in [-0.3, -0.25) is 0 Å². The maximum atomic E-state index is 8.77. The second-order valence-corrected chi connectivity index (χ2v) is 4.42. The van der Waals surface area contributed by atoms with Gasteiger partial charge in [-0.1, -0.05) is 6.07 Å². The normalized spacial score (nSPS) is 9.50. The van der Waals surface area contributed by atoms with Crippen molar-refractivity contribution in [3.63, 3.8) is 0 Å². The molecule has 0 amide bonds. The fraction of sp³-hybridized carbons (Fsp3) is 0. The predicted molar refractivity (Wildman–Crippen MR) is 71.4 cm³/mol. The second kappa shape index (κ2) is 4.94. The lowest BCUT2D eigenvalue weighted by Crippen LogP contribution is -1.93. The highest BCUT2D eigenvalue weighted by Crippen LogP contribution is 2.17. The van der Waals surface area contributed by atoms with Crippen molar-refractivity contribution < 1.29 is 0 Å². The zero-order chi connectivity index (χ0) is 11.4. The third-order valence-corrected chi connectivity index (χ3v) is 2.66. The molecule has 1 aromatic carbocycles. The summed E-state index contributed by atoms with van der Waals surface area (Å²) in [4.78, 5) is 4.15. The maximum Gasteiger partial charge on any atom is 0.131 e. The van der Waals surface area contributed by atoms with Crippen LogP contribution in [0, 0.1) is 14.9 Å². The molecule has 1 heterocycles. The van der Waals surface area contributed by atoms with Gasteiger partial charge in [0.1, 0.15) is 5.82 Å². The summed E-state index contributed by atoms with van der Waals surface area (Å²) in [6, 6.07) is 13.5. The Hall–Kier alpha value is -1.61. The van der Waals surface area contributed by atoms with Crippen LogP contribution in [0.5, 0.6) is 0 Å². The van der Waals surface area contributed by atoms with Crippen LogP contribution in [0.4, 0.5) is 11.5 Å². The Kier molecular flexibility index (Phi) is 3.37. The summed E-state index contributed by atoms with van der Waals surface area (Å²) in [5.74, 6) is 0.682. The minimum atomic E-state index is 0.600. The first kappa shape index (κ1) is 10.9. The van der Waals surface area contributed by atoms with Crippen molar-refractivity contribution in [1.29, 1.82) is 5.26 Å². The Morgan fingerprint density at radius 1 is 1.25 bits per heavy atom. The fourth-order valence-corrected chi connectivity index (χ4v) is 1.83. The topological polar surface area (TPSA) is 48.7 Å². The number of nitriles is 1. The van der Waals surface area contributed by atoms with E-state index in [0.29, 0.717) is 11.4 Å². The highest BCUT2D eigenvalue weighted by molar-refractivity contribution is 14.1. The van der Waals surface area contributed by atoms with Crippen LogP contribution in [0.25, 0.3) is 0 Å². The number of benzene rings is 1. The molecule has 78 valence electrons. The summed E-state index contributed by atoms with van der Waals surface area (Å²) in [5.41, 5.74) is 1.57. The van der Waals surface area contributed by atoms with Crippen LogP contribution in [0.1, 0.15) is 5.56 Å². The van der Waals surface area contributed by atoms with E-state index in [9.17, 15) is 0 Å². The van der Waals surface area contributed by atoms with Crippen LogP contribution in [0.3, 0.4) is 0 Å². The lowest BCUT2D eigenvalue weighted by molar-refractivity contribution is 1.29. The molecular weight excluding hydrogens is 313 g/mol. The van der Waals surface area contributed by atoms with E-state index in [1.165, 1.54) is 0 Å². The molecule has 16 heavy (non-hydrogen) atoms. The Morgan fingerprint density at radius 3 is 2.88 bits per heavy atom. The van der Waals surface area contributed by atoms with Gasteiger partial charge in [-0.2, -0.15) is 5.26 Å². The van der Waals surface area contributed by atoms with Gasteiger partial charge in [0.05, 0.1) is 11.6 Å². The zero-order valence-electron chi connectivity index (χ0n) is 8.31. The maximum absolute atomic E-state index is 8.77. The van der Waals surface area contributed by atoms with E-state index in [4.69, 9.17) is 5.26 Å². The van der Waals surface area contributed by atoms with E-state index in [0.717, 1.165) is 9.26 Å². The molecule has 0 spiro atoms. The molecule has 0 aliphatic heterocycles. The standard InChI is InChI=1S/C12H8IN3/c13-10-2-1-3-11(7-10)16-12-6-9(8-14)4-5-15-12/h1-7H,(H,15,16). The van der Waals surface area contributed by atoms with Crippen LogP contribution in [-0.4, -0.2) is 4.98 Å². The number of nitrogens with one attached hydrogen (secondary N) is 1. The number of nitrogens with zero attached hydrogens (tertiary/aromatic N) is 2. The van der Waals surface area contributed by atoms with Crippen molar-refractivity contribution in [1.82, 2.24) is 4.98 Å². The molecule has 1 N–H and O–H groups in total. The Labute approximate surface area is 107 Å². The van der Waals surface area contributed by atoms with Gasteiger partial charge >= 0.3 is 0 Å². The fourth-order valence-electron chi connectivity index (χ4n) is 1.28. The van der Waals surface area contributed by atoms with Gasteiger partial charge in [0.25, 0.3) is 0 Å². The molecule has 0 unspecified atom stereocenters. The molecule has 0 bridgehead atoms. The Balaban J connectivity index is 2.24. The first-order chi connectivity index (χ1) is 7.78. The molecule has 0 saturated heterocycles. The van der Waals surface area contributed by atoms with Crippen molar-refractivity contribution >= 4 is 34.1 Å². The minimum absolute atomic E-state index is 0.600. The number of pyridine rings is 1. The van der Waals surface area contributed by atoms with Crippen LogP contribution in [0.15, 0.2) is 42.6 Å². The highest BCUT2D eigenvalue weighted by atomic mass is 127. The SMILES string of the molecule is N#Cc1ccnc(Nc2cccc(I)c2)c1. The van der Waals surface area contributed by atoms with Crippen LogP contribution < -0.4 is 5.32 Å². The van der Waals surface area contributed by atoms with Gasteiger partial charge in [0.15, 0.2) is 0 Å². The summed E-state index contributed by atoms with van der Waals surface area (Å²) in [5, 5.41) is 11.9. The zero-order valence-corrected chi connectivity index (χ0v) is 10.5. The molecule has 1 aromatic heterocycles. The molecule has 0 atom stereocenters. The number of anilines is 2. The number of halogens is 1. The van der Waals surface area contributed by atoms with Crippen molar-refractivity contribution in [2.45, 2.75) is 0 Å². The second-order valence-electron chi connectivity index (χ2n) is 3.18. The molecule has 0 aliphatic rings. The lowest BCUT2D eigenvalue weighted by atomic mass is 10.3. The van der Waals surface area contributed by atoms with E-state index in [-0.39, 0.29) is 0 Å². The number of hydrogen-bond acceptors (Lipinski definition) is 3. The van der Waals surface area contributed by atoms with Crippen LogP contribution in [-0.2, 0) is 0 Å². The first-order valence-electron chi connectivity index (χ1n) is 4.67. The van der Waals surface area contributed by atoms with Crippen LogP contribution in [0.2, 0.25) is 0 Å². The highest BCUT2D eigenvalue weighted by Gasteiger charge is 1.98.